The van der Waals surface area contributed by atoms with E-state index < -0.39 is 24.5 Å². The monoisotopic (exact) mass is 322 g/mol. The third kappa shape index (κ3) is 4.24. The minimum atomic E-state index is -0.500. The summed E-state index contributed by atoms with van der Waals surface area (Å²) >= 11 is 1.38. The number of hydrogen-bond acceptors (Lipinski definition) is 5. The van der Waals surface area contributed by atoms with Gasteiger partial charge in [0.05, 0.1) is 5.75 Å². The Labute approximate surface area is 133 Å². The Bertz CT molecular complexity index is 603. The van der Waals surface area contributed by atoms with E-state index in [1.54, 1.807) is 0 Å². The number of carbonyl (C=O) groups excluding carboxylic acids is 3. The molecule has 7 heteroatoms. The number of carbonyl (C=O) groups is 3. The van der Waals surface area contributed by atoms with Gasteiger partial charge in [0.25, 0.3) is 5.91 Å². The van der Waals surface area contributed by atoms with E-state index in [0.29, 0.717) is 13.1 Å². The molecule has 0 aliphatic carbocycles. The summed E-state index contributed by atoms with van der Waals surface area (Å²) in [7, 11) is 0. The molecule has 0 saturated carbocycles. The van der Waals surface area contributed by atoms with Crippen molar-refractivity contribution in [1.82, 2.24) is 10.2 Å². The molecular formula is C15H18N2O4S. The van der Waals surface area contributed by atoms with Crippen molar-refractivity contribution < 1.29 is 19.1 Å². The van der Waals surface area contributed by atoms with Gasteiger partial charge in [-0.05, 0) is 25.5 Å². The van der Waals surface area contributed by atoms with Gasteiger partial charge >= 0.3 is 12.0 Å². The highest BCUT2D eigenvalue weighted by molar-refractivity contribution is 8.00. The zero-order valence-electron chi connectivity index (χ0n) is 12.5. The summed E-state index contributed by atoms with van der Waals surface area (Å²) in [6.45, 7) is 4.30. The first-order valence-electron chi connectivity index (χ1n) is 6.91. The number of imide groups is 1. The topological polar surface area (TPSA) is 75.7 Å². The summed E-state index contributed by atoms with van der Waals surface area (Å²) in [4.78, 5) is 36.8. The molecule has 3 amide bonds. The van der Waals surface area contributed by atoms with Crippen molar-refractivity contribution in [1.29, 1.82) is 0 Å². The first kappa shape index (κ1) is 16.4. The van der Waals surface area contributed by atoms with Gasteiger partial charge < -0.3 is 10.1 Å². The minimum absolute atomic E-state index is 0.129. The van der Waals surface area contributed by atoms with Crippen LogP contribution in [0.5, 0.6) is 0 Å². The fraction of sp³-hybridized carbons (Fsp3) is 0.400. The van der Waals surface area contributed by atoms with Gasteiger partial charge in [-0.3, -0.25) is 14.5 Å². The van der Waals surface area contributed by atoms with E-state index in [2.05, 4.69) is 5.32 Å². The molecule has 1 aromatic rings. The Kier molecular flexibility index (Phi) is 5.43. The average molecular weight is 322 g/mol. The second kappa shape index (κ2) is 7.31. The highest BCUT2D eigenvalue weighted by Crippen LogP contribution is 2.23. The number of nitrogens with zero attached hydrogens (tertiary/aromatic N) is 1. The number of benzene rings is 1. The molecular weight excluding hydrogens is 304 g/mol. The largest absolute Gasteiger partial charge is 0.455 e. The van der Waals surface area contributed by atoms with E-state index >= 15 is 0 Å². The quantitative estimate of drug-likeness (QED) is 0.656. The maximum Gasteiger partial charge on any atom is 0.324 e. The van der Waals surface area contributed by atoms with Crippen molar-refractivity contribution in [2.75, 3.05) is 25.4 Å². The predicted molar refractivity (Wildman–Crippen MR) is 82.7 cm³/mol. The number of aryl methyl sites for hydroxylation is 2. The standard InChI is InChI=1S/C15H18N2O4S/c1-10-3-4-11(2)12(7-10)22-9-14(19)21-8-13(18)17-6-5-16-15(17)20/h3-4,7H,5-6,8-9H2,1-2H3,(H,16,20). The molecule has 0 aromatic heterocycles. The second-order valence-electron chi connectivity index (χ2n) is 5.00. The molecule has 1 saturated heterocycles. The number of ether oxygens (including phenoxy) is 1. The summed E-state index contributed by atoms with van der Waals surface area (Å²) < 4.78 is 4.93. The van der Waals surface area contributed by atoms with E-state index in [1.165, 1.54) is 11.8 Å². The fourth-order valence-electron chi connectivity index (χ4n) is 1.97. The van der Waals surface area contributed by atoms with Gasteiger partial charge in [-0.2, -0.15) is 0 Å². The Morgan fingerprint density at radius 1 is 1.36 bits per heavy atom. The number of thioether (sulfide) groups is 1. The third-order valence-electron chi connectivity index (χ3n) is 3.20. The number of urea groups is 1. The molecule has 118 valence electrons. The number of hydrogen-bond donors (Lipinski definition) is 1. The fourth-order valence-corrected chi connectivity index (χ4v) is 2.89. The molecule has 0 spiro atoms. The molecule has 0 bridgehead atoms. The van der Waals surface area contributed by atoms with Crippen molar-refractivity contribution in [2.24, 2.45) is 0 Å². The van der Waals surface area contributed by atoms with Gasteiger partial charge in [0.2, 0.25) is 0 Å². The minimum Gasteiger partial charge on any atom is -0.455 e. The molecule has 1 N–H and O–H groups in total. The van der Waals surface area contributed by atoms with Crippen LogP contribution >= 0.6 is 11.8 Å². The van der Waals surface area contributed by atoms with Gasteiger partial charge in [0.1, 0.15) is 0 Å². The predicted octanol–water partition coefficient (Wildman–Crippen LogP) is 1.49. The SMILES string of the molecule is Cc1ccc(C)c(SCC(=O)OCC(=O)N2CCNC2=O)c1. The van der Waals surface area contributed by atoms with Crippen molar-refractivity contribution >= 4 is 29.7 Å². The van der Waals surface area contributed by atoms with E-state index in [-0.39, 0.29) is 5.75 Å². The van der Waals surface area contributed by atoms with Crippen LogP contribution in [0.25, 0.3) is 0 Å². The highest BCUT2D eigenvalue weighted by Gasteiger charge is 2.26. The van der Waals surface area contributed by atoms with Gasteiger partial charge in [-0.15, -0.1) is 11.8 Å². The first-order chi connectivity index (χ1) is 10.5. The van der Waals surface area contributed by atoms with E-state index in [9.17, 15) is 14.4 Å². The van der Waals surface area contributed by atoms with Crippen LogP contribution in [0.2, 0.25) is 0 Å². The lowest BCUT2D eigenvalue weighted by Crippen LogP contribution is -2.37. The van der Waals surface area contributed by atoms with E-state index in [4.69, 9.17) is 4.74 Å². The van der Waals surface area contributed by atoms with Gasteiger partial charge in [-0.1, -0.05) is 17.7 Å². The number of rotatable bonds is 5. The summed E-state index contributed by atoms with van der Waals surface area (Å²) in [6.07, 6.45) is 0. The maximum absolute atomic E-state index is 11.7. The van der Waals surface area contributed by atoms with Crippen LogP contribution in [0, 0.1) is 13.8 Å². The van der Waals surface area contributed by atoms with Crippen molar-refractivity contribution in [3.8, 4) is 0 Å². The summed E-state index contributed by atoms with van der Waals surface area (Å²) in [5, 5.41) is 2.52. The molecule has 22 heavy (non-hydrogen) atoms. The normalized spacial score (nSPS) is 13.9. The van der Waals surface area contributed by atoms with Crippen LogP contribution in [-0.2, 0) is 14.3 Å². The summed E-state index contributed by atoms with van der Waals surface area (Å²) in [6, 6.07) is 5.58. The Balaban J connectivity index is 1.77. The smallest absolute Gasteiger partial charge is 0.324 e. The average Bonchev–Trinajstić information content (AvgIpc) is 2.92. The van der Waals surface area contributed by atoms with Gasteiger partial charge in [-0.25, -0.2) is 4.79 Å². The van der Waals surface area contributed by atoms with Crippen molar-refractivity contribution in [3.05, 3.63) is 29.3 Å². The molecule has 1 aromatic carbocycles. The maximum atomic E-state index is 11.7. The highest BCUT2D eigenvalue weighted by atomic mass is 32.2. The van der Waals surface area contributed by atoms with Crippen LogP contribution in [0.4, 0.5) is 4.79 Å². The summed E-state index contributed by atoms with van der Waals surface area (Å²) in [5.74, 6) is -0.844. The van der Waals surface area contributed by atoms with E-state index in [0.717, 1.165) is 20.9 Å². The molecule has 2 rings (SSSR count). The molecule has 1 fully saturated rings. The third-order valence-corrected chi connectivity index (χ3v) is 4.33. The second-order valence-corrected chi connectivity index (χ2v) is 6.01. The summed E-state index contributed by atoms with van der Waals surface area (Å²) in [5.41, 5.74) is 2.21. The molecule has 1 heterocycles. The molecule has 0 unspecified atom stereocenters. The van der Waals surface area contributed by atoms with E-state index in [1.807, 2.05) is 32.0 Å². The van der Waals surface area contributed by atoms with Crippen LogP contribution in [0.15, 0.2) is 23.1 Å². The molecule has 1 aliphatic heterocycles. The number of esters is 1. The molecule has 0 atom stereocenters. The molecule has 1 aliphatic rings. The van der Waals surface area contributed by atoms with Crippen LogP contribution in [0.1, 0.15) is 11.1 Å². The lowest BCUT2D eigenvalue weighted by molar-refractivity contribution is -0.148. The zero-order valence-corrected chi connectivity index (χ0v) is 13.4. The van der Waals surface area contributed by atoms with Crippen LogP contribution < -0.4 is 5.32 Å². The van der Waals surface area contributed by atoms with Crippen LogP contribution in [0.3, 0.4) is 0 Å². The van der Waals surface area contributed by atoms with Gasteiger partial charge in [0.15, 0.2) is 6.61 Å². The Morgan fingerprint density at radius 3 is 2.82 bits per heavy atom. The van der Waals surface area contributed by atoms with Crippen LogP contribution in [-0.4, -0.2) is 48.3 Å². The number of nitrogens with one attached hydrogen (secondary N) is 1. The van der Waals surface area contributed by atoms with Crippen molar-refractivity contribution in [3.63, 3.8) is 0 Å². The lowest BCUT2D eigenvalue weighted by atomic mass is 10.2. The van der Waals surface area contributed by atoms with Gasteiger partial charge in [0, 0.05) is 18.0 Å². The molecule has 6 nitrogen and oxygen atoms in total. The number of amides is 3. The zero-order chi connectivity index (χ0) is 16.1. The Hall–Kier alpha value is -2.02. The first-order valence-corrected chi connectivity index (χ1v) is 7.90. The Morgan fingerprint density at radius 2 is 2.14 bits per heavy atom. The lowest BCUT2D eigenvalue weighted by Gasteiger charge is -2.12. The molecule has 0 radical (unpaired) electrons. The van der Waals surface area contributed by atoms with Crippen molar-refractivity contribution in [2.45, 2.75) is 18.7 Å².